The van der Waals surface area contributed by atoms with Gasteiger partial charge in [0.05, 0.1) is 28.5 Å². The maximum Gasteiger partial charge on any atom is 0.0927 e. The Morgan fingerprint density at radius 3 is 2.84 bits per heavy atom. The van der Waals surface area contributed by atoms with Crippen LogP contribution < -0.4 is 0 Å². The Kier molecular flexibility index (Phi) is 2.97. The zero-order valence-electron chi connectivity index (χ0n) is 10.3. The zero-order chi connectivity index (χ0) is 13.4. The molecule has 0 aliphatic rings. The van der Waals surface area contributed by atoms with E-state index < -0.39 is 0 Å². The lowest BCUT2D eigenvalue weighted by Crippen LogP contribution is -1.96. The summed E-state index contributed by atoms with van der Waals surface area (Å²) in [7, 11) is 1.81. The second-order valence-corrected chi connectivity index (χ2v) is 4.73. The second-order valence-electron chi connectivity index (χ2n) is 4.33. The van der Waals surface area contributed by atoms with Gasteiger partial charge in [-0.05, 0) is 24.3 Å². The first kappa shape index (κ1) is 12.1. The number of aromatic nitrogens is 3. The van der Waals surface area contributed by atoms with E-state index in [1.807, 2.05) is 31.3 Å². The standard InChI is InChI=1S/C14H12ClN3O/c1-18-10(8-19)7-14(17-18)9-2-3-13-11(6-9)12(15)4-5-16-13/h2-7,19H,8H2,1H3. The molecule has 0 aliphatic carbocycles. The lowest BCUT2D eigenvalue weighted by molar-refractivity contribution is 0.270. The third-order valence-corrected chi connectivity index (χ3v) is 3.45. The molecule has 0 fully saturated rings. The molecule has 0 spiro atoms. The summed E-state index contributed by atoms with van der Waals surface area (Å²) in [5.41, 5.74) is 3.40. The molecule has 3 rings (SSSR count). The van der Waals surface area contributed by atoms with Crippen LogP contribution in [-0.4, -0.2) is 19.9 Å². The third kappa shape index (κ3) is 2.09. The van der Waals surface area contributed by atoms with Crippen LogP contribution in [0.15, 0.2) is 36.5 Å². The van der Waals surface area contributed by atoms with E-state index in [1.54, 1.807) is 16.9 Å². The van der Waals surface area contributed by atoms with Gasteiger partial charge in [-0.2, -0.15) is 5.10 Å². The lowest BCUT2D eigenvalue weighted by atomic mass is 10.1. The number of aryl methyl sites for hydroxylation is 1. The summed E-state index contributed by atoms with van der Waals surface area (Å²) in [6.45, 7) is -0.0284. The summed E-state index contributed by atoms with van der Waals surface area (Å²) in [5, 5.41) is 15.2. The van der Waals surface area contributed by atoms with Crippen LogP contribution in [0.4, 0.5) is 0 Å². The topological polar surface area (TPSA) is 50.9 Å². The average molecular weight is 274 g/mol. The van der Waals surface area contributed by atoms with Crippen molar-refractivity contribution in [1.82, 2.24) is 14.8 Å². The minimum absolute atomic E-state index is 0.0284. The smallest absolute Gasteiger partial charge is 0.0927 e. The molecule has 19 heavy (non-hydrogen) atoms. The minimum Gasteiger partial charge on any atom is -0.390 e. The second kappa shape index (κ2) is 4.64. The molecule has 3 aromatic rings. The fraction of sp³-hybridized carbons (Fsp3) is 0.143. The van der Waals surface area contributed by atoms with Crippen LogP contribution in [0.1, 0.15) is 5.69 Å². The number of rotatable bonds is 2. The van der Waals surface area contributed by atoms with Crippen LogP contribution in [0, 0.1) is 0 Å². The molecule has 1 N–H and O–H groups in total. The largest absolute Gasteiger partial charge is 0.390 e. The van der Waals surface area contributed by atoms with Gasteiger partial charge in [0.15, 0.2) is 0 Å². The van der Waals surface area contributed by atoms with Gasteiger partial charge in [0, 0.05) is 24.2 Å². The van der Waals surface area contributed by atoms with E-state index >= 15 is 0 Å². The Labute approximate surface area is 115 Å². The van der Waals surface area contributed by atoms with Crippen LogP contribution in [0.25, 0.3) is 22.2 Å². The van der Waals surface area contributed by atoms with Crippen LogP contribution in [0.5, 0.6) is 0 Å². The number of halogens is 1. The van der Waals surface area contributed by atoms with Gasteiger partial charge in [-0.25, -0.2) is 0 Å². The maximum absolute atomic E-state index is 9.20. The lowest BCUT2D eigenvalue weighted by Gasteiger charge is -2.02. The molecule has 0 unspecified atom stereocenters. The molecule has 0 bridgehead atoms. The van der Waals surface area contributed by atoms with Crippen molar-refractivity contribution < 1.29 is 5.11 Å². The predicted molar refractivity (Wildman–Crippen MR) is 74.9 cm³/mol. The van der Waals surface area contributed by atoms with E-state index in [-0.39, 0.29) is 6.61 Å². The Hall–Kier alpha value is -1.91. The predicted octanol–water partition coefficient (Wildman–Crippen LogP) is 2.78. The summed E-state index contributed by atoms with van der Waals surface area (Å²) in [5.74, 6) is 0. The Bertz CT molecular complexity index is 752. The van der Waals surface area contributed by atoms with E-state index in [9.17, 15) is 5.11 Å². The van der Waals surface area contributed by atoms with E-state index in [2.05, 4.69) is 10.1 Å². The molecule has 1 aromatic carbocycles. The summed E-state index contributed by atoms with van der Waals surface area (Å²) in [6, 6.07) is 9.48. The highest BCUT2D eigenvalue weighted by atomic mass is 35.5. The van der Waals surface area contributed by atoms with E-state index in [0.29, 0.717) is 5.02 Å². The fourth-order valence-corrected chi connectivity index (χ4v) is 2.27. The van der Waals surface area contributed by atoms with Gasteiger partial charge in [0.1, 0.15) is 0 Å². The van der Waals surface area contributed by atoms with Crippen LogP contribution in [0.2, 0.25) is 5.02 Å². The Balaban J connectivity index is 2.17. The summed E-state index contributed by atoms with van der Waals surface area (Å²) in [4.78, 5) is 4.27. The first-order valence-corrected chi connectivity index (χ1v) is 6.25. The molecule has 0 radical (unpaired) electrons. The summed E-state index contributed by atoms with van der Waals surface area (Å²) < 4.78 is 1.67. The Morgan fingerprint density at radius 1 is 1.26 bits per heavy atom. The molecule has 96 valence electrons. The van der Waals surface area contributed by atoms with Crippen molar-refractivity contribution in [3.63, 3.8) is 0 Å². The van der Waals surface area contributed by atoms with Gasteiger partial charge in [-0.3, -0.25) is 9.67 Å². The van der Waals surface area contributed by atoms with Crippen LogP contribution in [0.3, 0.4) is 0 Å². The van der Waals surface area contributed by atoms with Crippen molar-refractivity contribution in [2.45, 2.75) is 6.61 Å². The molecular weight excluding hydrogens is 262 g/mol. The highest BCUT2D eigenvalue weighted by molar-refractivity contribution is 6.35. The van der Waals surface area contributed by atoms with Crippen LogP contribution >= 0.6 is 11.6 Å². The average Bonchev–Trinajstić information content (AvgIpc) is 2.80. The third-order valence-electron chi connectivity index (χ3n) is 3.12. The summed E-state index contributed by atoms with van der Waals surface area (Å²) >= 11 is 6.17. The van der Waals surface area contributed by atoms with Gasteiger partial charge < -0.3 is 5.11 Å². The van der Waals surface area contributed by atoms with Gasteiger partial charge >= 0.3 is 0 Å². The van der Waals surface area contributed by atoms with Crippen molar-refractivity contribution in [3.05, 3.63) is 47.2 Å². The first-order chi connectivity index (χ1) is 9.19. The van der Waals surface area contributed by atoms with Crippen molar-refractivity contribution in [1.29, 1.82) is 0 Å². The molecule has 0 aliphatic heterocycles. The number of aliphatic hydroxyl groups is 1. The highest BCUT2D eigenvalue weighted by Gasteiger charge is 2.08. The summed E-state index contributed by atoms with van der Waals surface area (Å²) in [6.07, 6.45) is 1.69. The number of aliphatic hydroxyl groups excluding tert-OH is 1. The van der Waals surface area contributed by atoms with E-state index in [0.717, 1.165) is 27.9 Å². The quantitative estimate of drug-likeness (QED) is 0.781. The van der Waals surface area contributed by atoms with Crippen molar-refractivity contribution in [2.24, 2.45) is 7.05 Å². The molecule has 2 heterocycles. The van der Waals surface area contributed by atoms with Gasteiger partial charge in [-0.1, -0.05) is 17.7 Å². The van der Waals surface area contributed by atoms with Crippen molar-refractivity contribution in [2.75, 3.05) is 0 Å². The molecule has 5 heteroatoms. The van der Waals surface area contributed by atoms with Crippen molar-refractivity contribution >= 4 is 22.5 Å². The SMILES string of the molecule is Cn1nc(-c2ccc3nccc(Cl)c3c2)cc1CO. The van der Waals surface area contributed by atoms with Crippen molar-refractivity contribution in [3.8, 4) is 11.3 Å². The van der Waals surface area contributed by atoms with Gasteiger partial charge in [-0.15, -0.1) is 0 Å². The first-order valence-electron chi connectivity index (χ1n) is 5.87. The highest BCUT2D eigenvalue weighted by Crippen LogP contribution is 2.27. The molecular formula is C14H12ClN3O. The fourth-order valence-electron chi connectivity index (χ4n) is 2.07. The number of fused-ring (bicyclic) bond motifs is 1. The molecule has 2 aromatic heterocycles. The van der Waals surface area contributed by atoms with Gasteiger partial charge in [0.25, 0.3) is 0 Å². The molecule has 4 nitrogen and oxygen atoms in total. The maximum atomic E-state index is 9.20. The Morgan fingerprint density at radius 2 is 2.11 bits per heavy atom. The molecule has 0 saturated heterocycles. The molecule has 0 saturated carbocycles. The number of hydrogen-bond acceptors (Lipinski definition) is 3. The minimum atomic E-state index is -0.0284. The molecule has 0 atom stereocenters. The van der Waals surface area contributed by atoms with Gasteiger partial charge in [0.2, 0.25) is 0 Å². The zero-order valence-corrected chi connectivity index (χ0v) is 11.1. The normalized spacial score (nSPS) is 11.1. The number of pyridine rings is 1. The molecule has 0 amide bonds. The number of benzene rings is 1. The van der Waals surface area contributed by atoms with Crippen LogP contribution in [-0.2, 0) is 13.7 Å². The number of hydrogen-bond donors (Lipinski definition) is 1. The van der Waals surface area contributed by atoms with E-state index in [4.69, 9.17) is 11.6 Å². The number of nitrogens with zero attached hydrogens (tertiary/aromatic N) is 3. The monoisotopic (exact) mass is 273 g/mol. The van der Waals surface area contributed by atoms with E-state index in [1.165, 1.54) is 0 Å².